The molecule has 118 valence electrons. The number of imidazole rings is 1. The van der Waals surface area contributed by atoms with E-state index in [1.54, 1.807) is 0 Å². The van der Waals surface area contributed by atoms with Crippen molar-refractivity contribution in [3.63, 3.8) is 0 Å². The molecule has 3 heterocycles. The van der Waals surface area contributed by atoms with Crippen LogP contribution in [0.15, 0.2) is 24.3 Å². The largest absolute Gasteiger partial charge is 0.307 e. The van der Waals surface area contributed by atoms with Gasteiger partial charge in [0.05, 0.1) is 11.0 Å². The Labute approximate surface area is 140 Å². The molecule has 1 aliphatic heterocycles. The molecule has 0 saturated carbocycles. The Balaban J connectivity index is 1.93. The molecule has 4 heteroatoms. The van der Waals surface area contributed by atoms with Gasteiger partial charge in [0.2, 0.25) is 0 Å². The van der Waals surface area contributed by atoms with E-state index in [4.69, 9.17) is 16.6 Å². The SMILES string of the molecule is CC1(C)CCc2c(c(Cl)n3c(nc4ccccc43)c2C2CN2)C1. The quantitative estimate of drug-likeness (QED) is 0.535. The van der Waals surface area contributed by atoms with E-state index in [9.17, 15) is 0 Å². The summed E-state index contributed by atoms with van der Waals surface area (Å²) >= 11 is 6.91. The smallest absolute Gasteiger partial charge is 0.144 e. The van der Waals surface area contributed by atoms with E-state index in [1.807, 2.05) is 6.07 Å². The third kappa shape index (κ3) is 1.96. The highest BCUT2D eigenvalue weighted by Gasteiger charge is 2.36. The summed E-state index contributed by atoms with van der Waals surface area (Å²) in [6, 6.07) is 8.74. The van der Waals surface area contributed by atoms with E-state index in [-0.39, 0.29) is 0 Å². The average molecular weight is 326 g/mol. The summed E-state index contributed by atoms with van der Waals surface area (Å²) in [5.74, 6) is 0. The van der Waals surface area contributed by atoms with Gasteiger partial charge >= 0.3 is 0 Å². The predicted molar refractivity (Wildman–Crippen MR) is 94.3 cm³/mol. The average Bonchev–Trinajstić information content (AvgIpc) is 3.27. The molecule has 1 saturated heterocycles. The topological polar surface area (TPSA) is 39.2 Å². The van der Waals surface area contributed by atoms with Crippen molar-refractivity contribution in [3.8, 4) is 0 Å². The Morgan fingerprint density at radius 2 is 2.04 bits per heavy atom. The monoisotopic (exact) mass is 325 g/mol. The fourth-order valence-corrected chi connectivity index (χ4v) is 4.44. The first-order valence-electron chi connectivity index (χ1n) is 8.39. The molecule has 2 aromatic heterocycles. The van der Waals surface area contributed by atoms with Gasteiger partial charge in [0.15, 0.2) is 0 Å². The molecule has 1 unspecified atom stereocenters. The number of pyridine rings is 1. The zero-order valence-corrected chi connectivity index (χ0v) is 14.2. The van der Waals surface area contributed by atoms with Crippen LogP contribution in [0.5, 0.6) is 0 Å². The molecular formula is C19H20ClN3. The second kappa shape index (κ2) is 4.49. The summed E-state index contributed by atoms with van der Waals surface area (Å²) in [6.07, 6.45) is 3.37. The van der Waals surface area contributed by atoms with Gasteiger partial charge in [0, 0.05) is 18.2 Å². The number of halogens is 1. The molecule has 1 N–H and O–H groups in total. The Morgan fingerprint density at radius 1 is 1.26 bits per heavy atom. The van der Waals surface area contributed by atoms with Crippen LogP contribution in [0.2, 0.25) is 5.15 Å². The van der Waals surface area contributed by atoms with Gasteiger partial charge in [-0.3, -0.25) is 4.40 Å². The van der Waals surface area contributed by atoms with Crippen LogP contribution < -0.4 is 5.32 Å². The van der Waals surface area contributed by atoms with Crippen molar-refractivity contribution < 1.29 is 0 Å². The summed E-state index contributed by atoms with van der Waals surface area (Å²) in [5.41, 5.74) is 7.67. The minimum atomic E-state index is 0.314. The maximum Gasteiger partial charge on any atom is 0.144 e. The van der Waals surface area contributed by atoms with Crippen LogP contribution in [0.1, 0.15) is 43.0 Å². The van der Waals surface area contributed by atoms with Crippen molar-refractivity contribution in [2.45, 2.75) is 39.2 Å². The minimum absolute atomic E-state index is 0.314. The maximum absolute atomic E-state index is 6.91. The van der Waals surface area contributed by atoms with E-state index < -0.39 is 0 Å². The normalized spacial score (nSPS) is 22.5. The van der Waals surface area contributed by atoms with Crippen molar-refractivity contribution in [2.75, 3.05) is 6.54 Å². The summed E-state index contributed by atoms with van der Waals surface area (Å²) in [4.78, 5) is 4.92. The fourth-order valence-electron chi connectivity index (χ4n) is 4.09. The minimum Gasteiger partial charge on any atom is -0.307 e. The summed E-state index contributed by atoms with van der Waals surface area (Å²) in [5, 5.41) is 4.34. The van der Waals surface area contributed by atoms with Crippen LogP contribution >= 0.6 is 11.6 Å². The van der Waals surface area contributed by atoms with Gasteiger partial charge < -0.3 is 5.32 Å². The van der Waals surface area contributed by atoms with Crippen LogP contribution in [0.3, 0.4) is 0 Å². The molecule has 1 aromatic carbocycles. The molecule has 1 fully saturated rings. The van der Waals surface area contributed by atoms with Gasteiger partial charge in [-0.15, -0.1) is 0 Å². The van der Waals surface area contributed by atoms with Crippen LogP contribution in [0.25, 0.3) is 16.7 Å². The van der Waals surface area contributed by atoms with Crippen LogP contribution in [0, 0.1) is 5.41 Å². The second-order valence-corrected chi connectivity index (χ2v) is 8.08. The first-order valence-corrected chi connectivity index (χ1v) is 8.77. The lowest BCUT2D eigenvalue weighted by Crippen LogP contribution is -2.24. The Hall–Kier alpha value is -1.58. The molecule has 1 atom stereocenters. The fraction of sp³-hybridized carbons (Fsp3) is 0.421. The number of nitrogens with one attached hydrogen (secondary N) is 1. The highest BCUT2D eigenvalue weighted by Crippen LogP contribution is 2.44. The molecule has 5 rings (SSSR count). The molecule has 2 aliphatic rings. The number of hydrogen-bond donors (Lipinski definition) is 1. The van der Waals surface area contributed by atoms with Gasteiger partial charge in [-0.2, -0.15) is 0 Å². The molecule has 0 bridgehead atoms. The first-order chi connectivity index (χ1) is 11.1. The standard InChI is InChI=1S/C19H20ClN3/c1-19(2)8-7-11-12(9-19)17(20)23-15-6-4-3-5-13(15)22-18(23)16(11)14-10-21-14/h3-6,14,21H,7-10H2,1-2H3. The number of nitrogens with zero attached hydrogens (tertiary/aromatic N) is 2. The highest BCUT2D eigenvalue weighted by molar-refractivity contribution is 6.31. The van der Waals surface area contributed by atoms with Gasteiger partial charge in [0.1, 0.15) is 10.8 Å². The van der Waals surface area contributed by atoms with E-state index in [0.29, 0.717) is 11.5 Å². The molecule has 0 radical (unpaired) electrons. The van der Waals surface area contributed by atoms with Crippen molar-refractivity contribution >= 4 is 28.3 Å². The van der Waals surface area contributed by atoms with Gasteiger partial charge in [-0.1, -0.05) is 37.6 Å². The van der Waals surface area contributed by atoms with Crippen LogP contribution in [0.4, 0.5) is 0 Å². The summed E-state index contributed by atoms with van der Waals surface area (Å²) in [7, 11) is 0. The second-order valence-electron chi connectivity index (χ2n) is 7.72. The molecule has 1 aliphatic carbocycles. The highest BCUT2D eigenvalue weighted by atomic mass is 35.5. The maximum atomic E-state index is 6.91. The van der Waals surface area contributed by atoms with E-state index in [1.165, 1.54) is 23.1 Å². The number of aromatic nitrogens is 2. The van der Waals surface area contributed by atoms with Crippen LogP contribution in [-0.4, -0.2) is 15.9 Å². The lowest BCUT2D eigenvalue weighted by atomic mass is 9.73. The summed E-state index contributed by atoms with van der Waals surface area (Å²) in [6.45, 7) is 5.74. The lowest BCUT2D eigenvalue weighted by Gasteiger charge is -2.33. The number of fused-ring (bicyclic) bond motifs is 4. The van der Waals surface area contributed by atoms with Gasteiger partial charge in [-0.05, 0) is 47.9 Å². The lowest BCUT2D eigenvalue weighted by molar-refractivity contribution is 0.314. The Kier molecular flexibility index (Phi) is 2.70. The number of para-hydroxylation sites is 2. The molecule has 3 nitrogen and oxygen atoms in total. The van der Waals surface area contributed by atoms with E-state index >= 15 is 0 Å². The molecule has 0 amide bonds. The van der Waals surface area contributed by atoms with E-state index in [2.05, 4.69) is 41.8 Å². The third-order valence-electron chi connectivity index (χ3n) is 5.40. The van der Waals surface area contributed by atoms with Crippen molar-refractivity contribution in [2.24, 2.45) is 5.41 Å². The molecule has 3 aromatic rings. The number of rotatable bonds is 1. The van der Waals surface area contributed by atoms with E-state index in [0.717, 1.165) is 41.2 Å². The van der Waals surface area contributed by atoms with Gasteiger partial charge in [-0.25, -0.2) is 4.98 Å². The number of hydrogen-bond acceptors (Lipinski definition) is 2. The van der Waals surface area contributed by atoms with Gasteiger partial charge in [0.25, 0.3) is 0 Å². The van der Waals surface area contributed by atoms with Crippen molar-refractivity contribution in [1.29, 1.82) is 0 Å². The third-order valence-corrected chi connectivity index (χ3v) is 5.80. The van der Waals surface area contributed by atoms with Crippen molar-refractivity contribution in [1.82, 2.24) is 14.7 Å². The Morgan fingerprint density at radius 3 is 2.83 bits per heavy atom. The zero-order valence-electron chi connectivity index (χ0n) is 13.5. The number of benzene rings is 1. The predicted octanol–water partition coefficient (Wildman–Crippen LogP) is 4.30. The molecule has 0 spiro atoms. The van der Waals surface area contributed by atoms with Crippen molar-refractivity contribution in [3.05, 3.63) is 46.1 Å². The zero-order chi connectivity index (χ0) is 15.8. The molecular weight excluding hydrogens is 306 g/mol. The Bertz CT molecular complexity index is 950. The van der Waals surface area contributed by atoms with Crippen LogP contribution in [-0.2, 0) is 12.8 Å². The summed E-state index contributed by atoms with van der Waals surface area (Å²) < 4.78 is 2.17. The first kappa shape index (κ1) is 13.8. The molecule has 23 heavy (non-hydrogen) atoms.